The van der Waals surface area contributed by atoms with Crippen molar-refractivity contribution in [1.29, 1.82) is 0 Å². The highest BCUT2D eigenvalue weighted by molar-refractivity contribution is 4.96. The third kappa shape index (κ3) is 3.44. The Morgan fingerprint density at radius 1 is 1.38 bits per heavy atom. The minimum atomic E-state index is -0.194. The molecule has 1 aliphatic carbocycles. The molecule has 1 saturated carbocycles. The van der Waals surface area contributed by atoms with Crippen molar-refractivity contribution < 1.29 is 5.11 Å². The fourth-order valence-electron chi connectivity index (χ4n) is 2.68. The highest BCUT2D eigenvalue weighted by atomic mass is 16.3. The number of nitrogens with zero attached hydrogens (tertiary/aromatic N) is 1. The van der Waals surface area contributed by atoms with Crippen molar-refractivity contribution in [3.05, 3.63) is 0 Å². The van der Waals surface area contributed by atoms with Crippen LogP contribution in [0.5, 0.6) is 0 Å². The fraction of sp³-hybridized carbons (Fsp3) is 1.00. The molecule has 0 spiro atoms. The third-order valence-electron chi connectivity index (χ3n) is 4.16. The van der Waals surface area contributed by atoms with Crippen LogP contribution in [-0.2, 0) is 0 Å². The SMILES string of the molecule is CC1(C)CC1CNCC(O)CN1CCCC1. The maximum Gasteiger partial charge on any atom is 0.0791 e. The molecule has 0 aromatic rings. The highest BCUT2D eigenvalue weighted by Crippen LogP contribution is 2.50. The summed E-state index contributed by atoms with van der Waals surface area (Å²) in [6.45, 7) is 9.66. The van der Waals surface area contributed by atoms with Crippen LogP contribution in [0.15, 0.2) is 0 Å². The minimum absolute atomic E-state index is 0.194. The van der Waals surface area contributed by atoms with Crippen LogP contribution in [0.1, 0.15) is 33.1 Å². The smallest absolute Gasteiger partial charge is 0.0791 e. The Morgan fingerprint density at radius 3 is 2.56 bits per heavy atom. The number of β-amino-alcohol motifs (C(OH)–C–C–N with tert-alkyl or cyclic N) is 1. The first-order chi connectivity index (χ1) is 7.58. The summed E-state index contributed by atoms with van der Waals surface area (Å²) in [6, 6.07) is 0. The van der Waals surface area contributed by atoms with Gasteiger partial charge in [0.05, 0.1) is 6.10 Å². The average Bonchev–Trinajstić information content (AvgIpc) is 2.66. The van der Waals surface area contributed by atoms with E-state index in [9.17, 15) is 5.11 Å². The molecule has 1 heterocycles. The van der Waals surface area contributed by atoms with E-state index >= 15 is 0 Å². The van der Waals surface area contributed by atoms with Gasteiger partial charge >= 0.3 is 0 Å². The summed E-state index contributed by atoms with van der Waals surface area (Å²) in [5, 5.41) is 13.3. The number of aliphatic hydroxyl groups excluding tert-OH is 1. The summed E-state index contributed by atoms with van der Waals surface area (Å²) in [5.41, 5.74) is 0.549. The van der Waals surface area contributed by atoms with Gasteiger partial charge in [0.2, 0.25) is 0 Å². The summed E-state index contributed by atoms with van der Waals surface area (Å²) < 4.78 is 0. The number of likely N-dealkylation sites (tertiary alicyclic amines) is 1. The minimum Gasteiger partial charge on any atom is -0.390 e. The lowest BCUT2D eigenvalue weighted by Crippen LogP contribution is -2.37. The monoisotopic (exact) mass is 226 g/mol. The van der Waals surface area contributed by atoms with Crippen molar-refractivity contribution in [1.82, 2.24) is 10.2 Å². The molecule has 1 aliphatic heterocycles. The molecule has 0 amide bonds. The first-order valence-corrected chi connectivity index (χ1v) is 6.69. The molecule has 16 heavy (non-hydrogen) atoms. The molecule has 0 aromatic heterocycles. The van der Waals surface area contributed by atoms with Gasteiger partial charge in [0.25, 0.3) is 0 Å². The van der Waals surface area contributed by atoms with E-state index in [1.807, 2.05) is 0 Å². The Bertz CT molecular complexity index is 224. The second-order valence-corrected chi connectivity index (χ2v) is 6.21. The molecule has 2 fully saturated rings. The van der Waals surface area contributed by atoms with E-state index in [4.69, 9.17) is 0 Å². The van der Waals surface area contributed by atoms with Gasteiger partial charge in [-0.25, -0.2) is 0 Å². The molecule has 3 heteroatoms. The van der Waals surface area contributed by atoms with Gasteiger partial charge in [0, 0.05) is 13.1 Å². The molecule has 2 N–H and O–H groups in total. The van der Waals surface area contributed by atoms with E-state index in [1.165, 1.54) is 32.4 Å². The van der Waals surface area contributed by atoms with E-state index in [2.05, 4.69) is 24.1 Å². The number of hydrogen-bond donors (Lipinski definition) is 2. The molecule has 0 radical (unpaired) electrons. The van der Waals surface area contributed by atoms with Crippen molar-refractivity contribution in [2.24, 2.45) is 11.3 Å². The second kappa shape index (κ2) is 5.03. The maximum absolute atomic E-state index is 9.87. The summed E-state index contributed by atoms with van der Waals surface area (Å²) in [7, 11) is 0. The molecule has 0 bridgehead atoms. The van der Waals surface area contributed by atoms with Gasteiger partial charge in [-0.1, -0.05) is 13.8 Å². The zero-order valence-corrected chi connectivity index (χ0v) is 10.7. The van der Waals surface area contributed by atoms with Crippen LogP contribution < -0.4 is 5.32 Å². The first-order valence-electron chi connectivity index (χ1n) is 6.69. The van der Waals surface area contributed by atoms with E-state index in [0.717, 1.165) is 25.6 Å². The molecule has 3 nitrogen and oxygen atoms in total. The number of nitrogens with one attached hydrogen (secondary N) is 1. The van der Waals surface area contributed by atoms with E-state index in [-0.39, 0.29) is 6.10 Å². The van der Waals surface area contributed by atoms with Crippen LogP contribution in [0.4, 0.5) is 0 Å². The van der Waals surface area contributed by atoms with Crippen molar-refractivity contribution in [3.63, 3.8) is 0 Å². The molecular formula is C13H26N2O. The predicted octanol–water partition coefficient (Wildman–Crippen LogP) is 1.08. The highest BCUT2D eigenvalue weighted by Gasteiger charge is 2.44. The maximum atomic E-state index is 9.87. The van der Waals surface area contributed by atoms with Gasteiger partial charge < -0.3 is 15.3 Å². The normalized spacial score (nSPS) is 30.6. The summed E-state index contributed by atoms with van der Waals surface area (Å²) >= 11 is 0. The van der Waals surface area contributed by atoms with Crippen LogP contribution in [-0.4, -0.2) is 48.8 Å². The second-order valence-electron chi connectivity index (χ2n) is 6.21. The summed E-state index contributed by atoms with van der Waals surface area (Å²) in [4.78, 5) is 2.37. The standard InChI is InChI=1S/C13H26N2O/c1-13(2)7-11(13)8-14-9-12(16)10-15-5-3-4-6-15/h11-12,14,16H,3-10H2,1-2H3. The zero-order valence-electron chi connectivity index (χ0n) is 10.7. The molecule has 2 rings (SSSR count). The van der Waals surface area contributed by atoms with Crippen molar-refractivity contribution in [2.75, 3.05) is 32.7 Å². The third-order valence-corrected chi connectivity index (χ3v) is 4.16. The van der Waals surface area contributed by atoms with E-state index in [1.54, 1.807) is 0 Å². The Morgan fingerprint density at radius 2 is 2.00 bits per heavy atom. The van der Waals surface area contributed by atoms with Gasteiger partial charge in [0.1, 0.15) is 0 Å². The van der Waals surface area contributed by atoms with Crippen LogP contribution in [0, 0.1) is 11.3 Å². The van der Waals surface area contributed by atoms with Crippen molar-refractivity contribution in [2.45, 2.75) is 39.2 Å². The number of hydrogen-bond acceptors (Lipinski definition) is 3. The van der Waals surface area contributed by atoms with Gasteiger partial charge in [-0.05, 0) is 50.2 Å². The van der Waals surface area contributed by atoms with Crippen LogP contribution >= 0.6 is 0 Å². The van der Waals surface area contributed by atoms with Crippen LogP contribution in [0.25, 0.3) is 0 Å². The Hall–Kier alpha value is -0.120. The average molecular weight is 226 g/mol. The topological polar surface area (TPSA) is 35.5 Å². The quantitative estimate of drug-likeness (QED) is 0.711. The van der Waals surface area contributed by atoms with Crippen LogP contribution in [0.2, 0.25) is 0 Å². The zero-order chi connectivity index (χ0) is 11.6. The van der Waals surface area contributed by atoms with Crippen LogP contribution in [0.3, 0.4) is 0 Å². The van der Waals surface area contributed by atoms with Gasteiger partial charge in [-0.2, -0.15) is 0 Å². The Balaban J connectivity index is 1.52. The fourth-order valence-corrected chi connectivity index (χ4v) is 2.68. The molecule has 2 atom stereocenters. The van der Waals surface area contributed by atoms with Gasteiger partial charge in [-0.15, -0.1) is 0 Å². The molecule has 1 saturated heterocycles. The van der Waals surface area contributed by atoms with Gasteiger partial charge in [0.15, 0.2) is 0 Å². The molecule has 0 aromatic carbocycles. The number of rotatable bonds is 6. The largest absolute Gasteiger partial charge is 0.390 e. The number of aliphatic hydroxyl groups is 1. The molecule has 2 unspecified atom stereocenters. The van der Waals surface area contributed by atoms with Crippen molar-refractivity contribution in [3.8, 4) is 0 Å². The Kier molecular flexibility index (Phi) is 3.88. The molecular weight excluding hydrogens is 200 g/mol. The molecule has 2 aliphatic rings. The first kappa shape index (κ1) is 12.3. The predicted molar refractivity (Wildman–Crippen MR) is 66.4 cm³/mol. The Labute approximate surface area is 99.2 Å². The lowest BCUT2D eigenvalue weighted by molar-refractivity contribution is 0.123. The molecule has 94 valence electrons. The van der Waals surface area contributed by atoms with Crippen molar-refractivity contribution >= 4 is 0 Å². The van der Waals surface area contributed by atoms with E-state index in [0.29, 0.717) is 5.41 Å². The summed E-state index contributed by atoms with van der Waals surface area (Å²) in [6.07, 6.45) is 3.75. The lowest BCUT2D eigenvalue weighted by Gasteiger charge is -2.19. The summed E-state index contributed by atoms with van der Waals surface area (Å²) in [5.74, 6) is 0.825. The van der Waals surface area contributed by atoms with Gasteiger partial charge in [-0.3, -0.25) is 0 Å². The van der Waals surface area contributed by atoms with E-state index < -0.39 is 0 Å². The lowest BCUT2D eigenvalue weighted by atomic mass is 10.1.